The van der Waals surface area contributed by atoms with Crippen LogP contribution in [0.2, 0.25) is 0 Å². The van der Waals surface area contributed by atoms with Gasteiger partial charge in [-0.3, -0.25) is 37.3 Å². The lowest BCUT2D eigenvalue weighted by atomic mass is 9.99. The number of phosphoric ester groups is 2. The molecule has 0 spiro atoms. The molecule has 3 N–H and O–H groups in total. The van der Waals surface area contributed by atoms with Crippen LogP contribution in [0.5, 0.6) is 0 Å². The van der Waals surface area contributed by atoms with Gasteiger partial charge in [-0.15, -0.1) is 0 Å². The van der Waals surface area contributed by atoms with E-state index >= 15 is 0 Å². The van der Waals surface area contributed by atoms with Crippen LogP contribution in [0.4, 0.5) is 0 Å². The normalized spacial score (nSPS) is 14.4. The Morgan fingerprint density at radius 3 is 0.817 bits per heavy atom. The minimum absolute atomic E-state index is 0.106. The van der Waals surface area contributed by atoms with Crippen molar-refractivity contribution in [2.75, 3.05) is 39.6 Å². The predicted octanol–water partition coefficient (Wildman–Crippen LogP) is 21.4. The third kappa shape index (κ3) is 67.0. The van der Waals surface area contributed by atoms with Crippen LogP contribution in [0, 0.1) is 17.8 Å². The van der Waals surface area contributed by atoms with Crippen LogP contribution in [0.15, 0.2) is 0 Å². The third-order valence-corrected chi connectivity index (χ3v) is 19.4. The number of carbonyl (C=O) groups is 4. The van der Waals surface area contributed by atoms with E-state index in [0.29, 0.717) is 31.6 Å². The van der Waals surface area contributed by atoms with E-state index in [1.807, 2.05) is 0 Å². The average Bonchev–Trinajstić information content (AvgIpc) is 1.99. The number of aliphatic hydroxyl groups excluding tert-OH is 1. The molecule has 17 nitrogen and oxygen atoms in total. The standard InChI is InChI=1S/C74H144O17P2/c1-8-10-11-12-13-14-15-23-26-35-43-50-57-73(78)91-70(62-85-72(77)56-49-42-37-30-32-39-46-53-66(5)6)64-89-93(82,83)87-60-68(75)59-86-92(80,81)88-63-69(61-84-71(76)55-48-41-34-29-28-33-40-47-54-67(7)9-2)90-74(79)58-51-44-36-27-24-21-19-17-16-18-20-22-25-31-38-45-52-65(3)4/h65-70,75H,8-64H2,1-7H3,(H,80,81)(H,82,83)/t67?,68-,69-,70-/m1/s1. The molecule has 0 aromatic heterocycles. The zero-order valence-corrected chi connectivity index (χ0v) is 62.5. The zero-order valence-electron chi connectivity index (χ0n) is 60.7. The van der Waals surface area contributed by atoms with Gasteiger partial charge in [0.2, 0.25) is 0 Å². The highest BCUT2D eigenvalue weighted by atomic mass is 31.2. The number of phosphoric acid groups is 2. The lowest BCUT2D eigenvalue weighted by Crippen LogP contribution is -2.30. The molecule has 0 fully saturated rings. The highest BCUT2D eigenvalue weighted by Gasteiger charge is 2.30. The molecule has 0 saturated heterocycles. The number of carbonyl (C=O) groups excluding carboxylic acids is 4. The number of ether oxygens (including phenoxy) is 4. The summed E-state index contributed by atoms with van der Waals surface area (Å²) >= 11 is 0. The fraction of sp³-hybridized carbons (Fsp3) is 0.946. The van der Waals surface area contributed by atoms with Crippen molar-refractivity contribution in [2.45, 2.75) is 394 Å². The van der Waals surface area contributed by atoms with Crippen LogP contribution in [-0.4, -0.2) is 96.7 Å². The first kappa shape index (κ1) is 91.1. The van der Waals surface area contributed by atoms with E-state index in [1.165, 1.54) is 180 Å². The number of aliphatic hydroxyl groups is 1. The van der Waals surface area contributed by atoms with Crippen LogP contribution in [0.25, 0.3) is 0 Å². The van der Waals surface area contributed by atoms with Crippen LogP contribution < -0.4 is 0 Å². The van der Waals surface area contributed by atoms with Crippen molar-refractivity contribution >= 4 is 39.5 Å². The average molecular weight is 1370 g/mol. The van der Waals surface area contributed by atoms with Gasteiger partial charge in [-0.2, -0.15) is 0 Å². The molecule has 0 radical (unpaired) electrons. The van der Waals surface area contributed by atoms with Crippen molar-refractivity contribution in [1.82, 2.24) is 0 Å². The Morgan fingerprint density at radius 1 is 0.312 bits per heavy atom. The maximum atomic E-state index is 13.1. The first-order chi connectivity index (χ1) is 44.8. The molecule has 0 rings (SSSR count). The summed E-state index contributed by atoms with van der Waals surface area (Å²) < 4.78 is 68.4. The number of rotatable bonds is 72. The van der Waals surface area contributed by atoms with Gasteiger partial charge in [0, 0.05) is 25.7 Å². The predicted molar refractivity (Wildman–Crippen MR) is 377 cm³/mol. The summed E-state index contributed by atoms with van der Waals surface area (Å²) in [5, 5.41) is 10.6. The maximum absolute atomic E-state index is 13.1. The van der Waals surface area contributed by atoms with Gasteiger partial charge in [0.15, 0.2) is 12.2 Å². The lowest BCUT2D eigenvalue weighted by Gasteiger charge is -2.21. The first-order valence-electron chi connectivity index (χ1n) is 38.4. The second kappa shape index (κ2) is 64.7. The molecule has 552 valence electrons. The molecule has 0 aliphatic heterocycles. The summed E-state index contributed by atoms with van der Waals surface area (Å²) in [6.07, 6.45) is 50.0. The molecule has 0 aliphatic rings. The fourth-order valence-corrected chi connectivity index (χ4v) is 12.8. The van der Waals surface area contributed by atoms with E-state index in [4.69, 9.17) is 37.0 Å². The van der Waals surface area contributed by atoms with E-state index < -0.39 is 97.5 Å². The van der Waals surface area contributed by atoms with E-state index in [0.717, 1.165) is 108 Å². The lowest BCUT2D eigenvalue weighted by molar-refractivity contribution is -0.161. The monoisotopic (exact) mass is 1370 g/mol. The van der Waals surface area contributed by atoms with Crippen molar-refractivity contribution in [3.05, 3.63) is 0 Å². The first-order valence-corrected chi connectivity index (χ1v) is 41.4. The van der Waals surface area contributed by atoms with Gasteiger partial charge in [-0.25, -0.2) is 9.13 Å². The molecule has 93 heavy (non-hydrogen) atoms. The van der Waals surface area contributed by atoms with E-state index in [-0.39, 0.29) is 25.7 Å². The van der Waals surface area contributed by atoms with E-state index in [1.54, 1.807) is 0 Å². The summed E-state index contributed by atoms with van der Waals surface area (Å²) in [5.41, 5.74) is 0. The third-order valence-electron chi connectivity index (χ3n) is 17.5. The highest BCUT2D eigenvalue weighted by Crippen LogP contribution is 2.45. The van der Waals surface area contributed by atoms with Crippen LogP contribution in [-0.2, 0) is 65.4 Å². The molecule has 0 aromatic carbocycles. The Bertz CT molecular complexity index is 1820. The fourth-order valence-electron chi connectivity index (χ4n) is 11.2. The Morgan fingerprint density at radius 2 is 0.548 bits per heavy atom. The summed E-state index contributed by atoms with van der Waals surface area (Å²) in [4.78, 5) is 72.7. The summed E-state index contributed by atoms with van der Waals surface area (Å²) in [6.45, 7) is 11.9. The number of unbranched alkanes of at least 4 members (excludes halogenated alkanes) is 39. The van der Waals surface area contributed by atoms with Gasteiger partial charge in [-0.1, -0.05) is 325 Å². The minimum Gasteiger partial charge on any atom is -0.462 e. The van der Waals surface area contributed by atoms with Crippen LogP contribution in [0.3, 0.4) is 0 Å². The van der Waals surface area contributed by atoms with Crippen molar-refractivity contribution in [1.29, 1.82) is 0 Å². The Labute approximate surface area is 568 Å². The second-order valence-electron chi connectivity index (χ2n) is 27.9. The van der Waals surface area contributed by atoms with Crippen LogP contribution in [0.1, 0.15) is 376 Å². The molecular weight excluding hydrogens is 1220 g/mol. The van der Waals surface area contributed by atoms with Crippen molar-refractivity contribution in [3.63, 3.8) is 0 Å². The highest BCUT2D eigenvalue weighted by molar-refractivity contribution is 7.47. The van der Waals surface area contributed by atoms with Gasteiger partial charge in [0.1, 0.15) is 19.3 Å². The molecular formula is C74H144O17P2. The van der Waals surface area contributed by atoms with Crippen molar-refractivity contribution < 1.29 is 80.2 Å². The largest absolute Gasteiger partial charge is 0.472 e. The van der Waals surface area contributed by atoms with Gasteiger partial charge in [-0.05, 0) is 43.4 Å². The van der Waals surface area contributed by atoms with Gasteiger partial charge in [0.05, 0.1) is 26.4 Å². The zero-order chi connectivity index (χ0) is 68.7. The SMILES string of the molecule is CCCCCCCCCCCCCCC(=O)O[C@H](COC(=O)CCCCCCCCCC(C)C)COP(=O)(O)OC[C@H](O)COP(=O)(O)OC[C@@H](COC(=O)CCCCCCCCCCC(C)CC)OC(=O)CCCCCCCCCCCCCCCCCCC(C)C. The molecule has 0 saturated carbocycles. The molecule has 0 bridgehead atoms. The molecule has 6 atom stereocenters. The summed E-state index contributed by atoms with van der Waals surface area (Å²) in [5.74, 6) is 0.171. The Balaban J connectivity index is 5.23. The van der Waals surface area contributed by atoms with Gasteiger partial charge >= 0.3 is 39.5 Å². The second-order valence-corrected chi connectivity index (χ2v) is 30.8. The van der Waals surface area contributed by atoms with E-state index in [9.17, 15) is 43.2 Å². The Kier molecular flexibility index (Phi) is 63.4. The van der Waals surface area contributed by atoms with E-state index in [2.05, 4.69) is 48.5 Å². The van der Waals surface area contributed by atoms with Gasteiger partial charge in [0.25, 0.3) is 0 Å². The van der Waals surface area contributed by atoms with Gasteiger partial charge < -0.3 is 33.8 Å². The van der Waals surface area contributed by atoms with Crippen molar-refractivity contribution in [2.24, 2.45) is 17.8 Å². The summed E-state index contributed by atoms with van der Waals surface area (Å²) in [7, 11) is -9.91. The minimum atomic E-state index is -4.96. The smallest absolute Gasteiger partial charge is 0.462 e. The molecule has 0 aliphatic carbocycles. The number of hydrogen-bond acceptors (Lipinski definition) is 15. The molecule has 0 heterocycles. The Hall–Kier alpha value is -1.94. The summed E-state index contributed by atoms with van der Waals surface area (Å²) in [6, 6.07) is 0. The van der Waals surface area contributed by atoms with Crippen LogP contribution >= 0.6 is 15.6 Å². The molecule has 0 amide bonds. The topological polar surface area (TPSA) is 237 Å². The number of hydrogen-bond donors (Lipinski definition) is 3. The number of esters is 4. The molecule has 0 aromatic rings. The molecule has 19 heteroatoms. The maximum Gasteiger partial charge on any atom is 0.472 e. The molecule has 3 unspecified atom stereocenters. The quantitative estimate of drug-likeness (QED) is 0.0222. The van der Waals surface area contributed by atoms with Crippen molar-refractivity contribution in [3.8, 4) is 0 Å².